The van der Waals surface area contributed by atoms with Crippen LogP contribution < -0.4 is 10.9 Å². The molecule has 4 aromatic rings. The lowest BCUT2D eigenvalue weighted by atomic mass is 10.2. The fourth-order valence-corrected chi connectivity index (χ4v) is 4.38. The monoisotopic (exact) mass is 489 g/mol. The van der Waals surface area contributed by atoms with Crippen LogP contribution in [0.3, 0.4) is 0 Å². The third-order valence-electron chi connectivity index (χ3n) is 4.39. The van der Waals surface area contributed by atoms with Gasteiger partial charge in [-0.15, -0.1) is 0 Å². The SMILES string of the molecule is O=C(CSc1nc2ccccc2c(=O)n1-c1ccc(Cl)cc1)Nc1c(Cl)cccc1Cl. The van der Waals surface area contributed by atoms with Gasteiger partial charge in [0.2, 0.25) is 5.91 Å². The van der Waals surface area contributed by atoms with Gasteiger partial charge in [0.05, 0.1) is 38.1 Å². The molecule has 1 amide bonds. The summed E-state index contributed by atoms with van der Waals surface area (Å²) >= 11 is 19.4. The number of anilines is 1. The van der Waals surface area contributed by atoms with Crippen molar-refractivity contribution in [3.05, 3.63) is 92.2 Å². The van der Waals surface area contributed by atoms with Crippen molar-refractivity contribution in [3.63, 3.8) is 0 Å². The first-order chi connectivity index (χ1) is 14.9. The molecule has 0 atom stereocenters. The van der Waals surface area contributed by atoms with E-state index in [0.29, 0.717) is 42.5 Å². The Morgan fingerprint density at radius 1 is 0.935 bits per heavy atom. The third-order valence-corrected chi connectivity index (χ3v) is 6.21. The summed E-state index contributed by atoms with van der Waals surface area (Å²) in [6.45, 7) is 0. The first kappa shape index (κ1) is 21.7. The molecule has 9 heteroatoms. The molecule has 0 saturated carbocycles. The summed E-state index contributed by atoms with van der Waals surface area (Å²) in [5, 5.41) is 4.81. The summed E-state index contributed by atoms with van der Waals surface area (Å²) in [5.41, 5.74) is 1.27. The molecule has 0 unspecified atom stereocenters. The van der Waals surface area contributed by atoms with E-state index in [-0.39, 0.29) is 17.2 Å². The standard InChI is InChI=1S/C22H14Cl3N3O2S/c23-13-8-10-14(11-9-13)28-21(30)15-4-1-2-7-18(15)26-22(28)31-12-19(29)27-20-16(24)5-3-6-17(20)25/h1-11H,12H2,(H,27,29). The van der Waals surface area contributed by atoms with Crippen molar-refractivity contribution < 1.29 is 4.79 Å². The van der Waals surface area contributed by atoms with Crippen molar-refractivity contribution in [2.75, 3.05) is 11.1 Å². The maximum Gasteiger partial charge on any atom is 0.266 e. The highest BCUT2D eigenvalue weighted by molar-refractivity contribution is 7.99. The maximum atomic E-state index is 13.2. The maximum absolute atomic E-state index is 13.2. The van der Waals surface area contributed by atoms with Crippen molar-refractivity contribution in [1.82, 2.24) is 9.55 Å². The molecule has 4 rings (SSSR count). The van der Waals surface area contributed by atoms with E-state index < -0.39 is 0 Å². The second-order valence-electron chi connectivity index (χ2n) is 6.46. The lowest BCUT2D eigenvalue weighted by Gasteiger charge is -2.14. The summed E-state index contributed by atoms with van der Waals surface area (Å²) in [7, 11) is 0. The van der Waals surface area contributed by atoms with E-state index in [2.05, 4.69) is 10.3 Å². The quantitative estimate of drug-likeness (QED) is 0.272. The minimum Gasteiger partial charge on any atom is -0.323 e. The number of carbonyl (C=O) groups excluding carboxylic acids is 1. The molecular formula is C22H14Cl3N3O2S. The van der Waals surface area contributed by atoms with E-state index in [4.69, 9.17) is 34.8 Å². The second-order valence-corrected chi connectivity index (χ2v) is 8.66. The molecule has 1 N–H and O–H groups in total. The number of aromatic nitrogens is 2. The molecule has 0 saturated heterocycles. The highest BCUT2D eigenvalue weighted by Crippen LogP contribution is 2.30. The number of amides is 1. The van der Waals surface area contributed by atoms with Gasteiger partial charge in [-0.25, -0.2) is 4.98 Å². The zero-order valence-electron chi connectivity index (χ0n) is 15.8. The molecule has 0 spiro atoms. The highest BCUT2D eigenvalue weighted by atomic mass is 35.5. The van der Waals surface area contributed by atoms with Crippen LogP contribution in [0.15, 0.2) is 76.7 Å². The molecule has 0 aliphatic carbocycles. The van der Waals surface area contributed by atoms with Crippen molar-refractivity contribution in [2.24, 2.45) is 0 Å². The smallest absolute Gasteiger partial charge is 0.266 e. The van der Waals surface area contributed by atoms with Crippen LogP contribution in [0.1, 0.15) is 0 Å². The number of hydrogen-bond donors (Lipinski definition) is 1. The predicted molar refractivity (Wildman–Crippen MR) is 128 cm³/mol. The Kier molecular flexibility index (Phi) is 6.53. The molecule has 1 aromatic heterocycles. The van der Waals surface area contributed by atoms with E-state index in [1.807, 2.05) is 6.07 Å². The van der Waals surface area contributed by atoms with Crippen LogP contribution in [-0.4, -0.2) is 21.2 Å². The molecule has 5 nitrogen and oxygen atoms in total. The summed E-state index contributed by atoms with van der Waals surface area (Å²) in [5.74, 6) is -0.329. The average Bonchev–Trinajstić information content (AvgIpc) is 2.76. The predicted octanol–water partition coefficient (Wildman–Crippen LogP) is 6.08. The fourth-order valence-electron chi connectivity index (χ4n) is 2.95. The van der Waals surface area contributed by atoms with Crippen molar-refractivity contribution in [3.8, 4) is 5.69 Å². The van der Waals surface area contributed by atoms with Crippen LogP contribution in [0.25, 0.3) is 16.6 Å². The van der Waals surface area contributed by atoms with Crippen molar-refractivity contribution in [1.29, 1.82) is 0 Å². The molecule has 31 heavy (non-hydrogen) atoms. The molecule has 3 aromatic carbocycles. The molecule has 0 fully saturated rings. The number of para-hydroxylation sites is 2. The van der Waals surface area contributed by atoms with Crippen LogP contribution >= 0.6 is 46.6 Å². The minimum absolute atomic E-state index is 0.0000773. The number of nitrogens with one attached hydrogen (secondary N) is 1. The number of nitrogens with zero attached hydrogens (tertiary/aromatic N) is 2. The molecule has 0 radical (unpaired) electrons. The van der Waals surface area contributed by atoms with E-state index in [9.17, 15) is 9.59 Å². The average molecular weight is 491 g/mol. The second kappa shape index (κ2) is 9.32. The number of carbonyl (C=O) groups is 1. The van der Waals surface area contributed by atoms with Crippen LogP contribution in [0.5, 0.6) is 0 Å². The number of thioether (sulfide) groups is 1. The first-order valence-corrected chi connectivity index (χ1v) is 11.2. The summed E-state index contributed by atoms with van der Waals surface area (Å²) in [6, 6.07) is 18.9. The first-order valence-electron chi connectivity index (χ1n) is 9.08. The molecule has 0 bridgehead atoms. The Morgan fingerprint density at radius 2 is 1.61 bits per heavy atom. The van der Waals surface area contributed by atoms with Gasteiger partial charge in [0.1, 0.15) is 0 Å². The number of fused-ring (bicyclic) bond motifs is 1. The summed E-state index contributed by atoms with van der Waals surface area (Å²) < 4.78 is 1.47. The normalized spacial score (nSPS) is 10.9. The number of benzene rings is 3. The number of rotatable bonds is 5. The summed E-state index contributed by atoms with van der Waals surface area (Å²) in [4.78, 5) is 30.4. The van der Waals surface area contributed by atoms with Gasteiger partial charge in [-0.2, -0.15) is 0 Å². The van der Waals surface area contributed by atoms with Gasteiger partial charge in [-0.05, 0) is 48.5 Å². The van der Waals surface area contributed by atoms with Gasteiger partial charge in [0.15, 0.2) is 5.16 Å². The van der Waals surface area contributed by atoms with Gasteiger partial charge in [0.25, 0.3) is 5.56 Å². The Labute approximate surface area is 197 Å². The van der Waals surface area contributed by atoms with Crippen LogP contribution in [0.4, 0.5) is 5.69 Å². The van der Waals surface area contributed by atoms with Crippen LogP contribution in [-0.2, 0) is 4.79 Å². The minimum atomic E-state index is -0.329. The largest absolute Gasteiger partial charge is 0.323 e. The fraction of sp³-hybridized carbons (Fsp3) is 0.0455. The van der Waals surface area contributed by atoms with E-state index in [1.165, 1.54) is 4.57 Å². The molecule has 0 aliphatic rings. The van der Waals surface area contributed by atoms with Crippen molar-refractivity contribution >= 4 is 69.1 Å². The Hall–Kier alpha value is -2.51. The topological polar surface area (TPSA) is 64.0 Å². The lowest BCUT2D eigenvalue weighted by molar-refractivity contribution is -0.113. The van der Waals surface area contributed by atoms with E-state index in [0.717, 1.165) is 11.8 Å². The van der Waals surface area contributed by atoms with Gasteiger partial charge >= 0.3 is 0 Å². The summed E-state index contributed by atoms with van der Waals surface area (Å²) in [6.07, 6.45) is 0. The van der Waals surface area contributed by atoms with Gasteiger partial charge in [-0.1, -0.05) is 64.8 Å². The van der Waals surface area contributed by atoms with Gasteiger partial charge in [-0.3, -0.25) is 14.2 Å². The Balaban J connectivity index is 1.68. The van der Waals surface area contributed by atoms with E-state index in [1.54, 1.807) is 60.7 Å². The highest BCUT2D eigenvalue weighted by Gasteiger charge is 2.16. The van der Waals surface area contributed by atoms with Crippen molar-refractivity contribution in [2.45, 2.75) is 5.16 Å². The zero-order valence-corrected chi connectivity index (χ0v) is 18.9. The molecule has 0 aliphatic heterocycles. The molecular weight excluding hydrogens is 477 g/mol. The van der Waals surface area contributed by atoms with Crippen LogP contribution in [0, 0.1) is 0 Å². The number of halogens is 3. The lowest BCUT2D eigenvalue weighted by Crippen LogP contribution is -2.23. The Morgan fingerprint density at radius 3 is 2.32 bits per heavy atom. The Bertz CT molecular complexity index is 1320. The molecule has 156 valence electrons. The number of hydrogen-bond acceptors (Lipinski definition) is 4. The zero-order chi connectivity index (χ0) is 22.0. The van der Waals surface area contributed by atoms with E-state index >= 15 is 0 Å². The third kappa shape index (κ3) is 4.72. The molecule has 1 heterocycles. The van der Waals surface area contributed by atoms with Crippen LogP contribution in [0.2, 0.25) is 15.1 Å². The van der Waals surface area contributed by atoms with Gasteiger partial charge < -0.3 is 5.32 Å². The van der Waals surface area contributed by atoms with Gasteiger partial charge in [0, 0.05) is 5.02 Å².